The summed E-state index contributed by atoms with van der Waals surface area (Å²) >= 11 is 0. The molecule has 0 atom stereocenters. The smallest absolute Gasteiger partial charge is 0.0146 e. The molecule has 0 amide bonds. The molecule has 9 heavy (non-hydrogen) atoms. The van der Waals surface area contributed by atoms with E-state index in [2.05, 4.69) is 20.8 Å². The summed E-state index contributed by atoms with van der Waals surface area (Å²) < 4.78 is 0. The standard InChI is InChI=1S/C7H17N.Cd/c1-4-7(8,5-2)6-3;/h4-6,8H2,1-3H3;. The zero-order valence-corrected chi connectivity index (χ0v) is 10.9. The van der Waals surface area contributed by atoms with Gasteiger partial charge in [-0.15, -0.1) is 0 Å². The third kappa shape index (κ3) is 4.31. The Balaban J connectivity index is 0. The van der Waals surface area contributed by atoms with Gasteiger partial charge in [0.15, 0.2) is 0 Å². The van der Waals surface area contributed by atoms with Crippen molar-refractivity contribution in [1.82, 2.24) is 0 Å². The van der Waals surface area contributed by atoms with Crippen LogP contribution in [0.4, 0.5) is 0 Å². The first-order chi connectivity index (χ1) is 3.68. The van der Waals surface area contributed by atoms with Crippen molar-refractivity contribution in [3.8, 4) is 0 Å². The fourth-order valence-corrected chi connectivity index (χ4v) is 0.750. The molecule has 0 fully saturated rings. The van der Waals surface area contributed by atoms with Gasteiger partial charge in [-0.1, -0.05) is 20.8 Å². The van der Waals surface area contributed by atoms with Crippen molar-refractivity contribution >= 4 is 0 Å². The molecule has 0 spiro atoms. The summed E-state index contributed by atoms with van der Waals surface area (Å²) in [6.07, 6.45) is 3.29. The third-order valence-electron chi connectivity index (χ3n) is 2.11. The Bertz CT molecular complexity index is 51.7. The number of hydrogen-bond donors (Lipinski definition) is 1. The molecule has 2 heteroatoms. The molecule has 0 saturated carbocycles. The summed E-state index contributed by atoms with van der Waals surface area (Å²) in [5.41, 5.74) is 6.02. The third-order valence-corrected chi connectivity index (χ3v) is 2.11. The van der Waals surface area contributed by atoms with E-state index in [1.54, 1.807) is 0 Å². The Morgan fingerprint density at radius 3 is 1.22 bits per heavy atom. The van der Waals surface area contributed by atoms with Crippen LogP contribution in [0, 0.1) is 0 Å². The van der Waals surface area contributed by atoms with Crippen LogP contribution in [0.1, 0.15) is 40.0 Å². The van der Waals surface area contributed by atoms with Crippen LogP contribution in [0.2, 0.25) is 0 Å². The monoisotopic (exact) mass is 229 g/mol. The van der Waals surface area contributed by atoms with Gasteiger partial charge in [-0.25, -0.2) is 0 Å². The van der Waals surface area contributed by atoms with Crippen LogP contribution in [0.5, 0.6) is 0 Å². The van der Waals surface area contributed by atoms with Gasteiger partial charge >= 0.3 is 0 Å². The average Bonchev–Trinajstić information content (AvgIpc) is 1.87. The Morgan fingerprint density at radius 1 is 1.00 bits per heavy atom. The molecule has 0 bridgehead atoms. The molecule has 0 saturated heterocycles. The fourth-order valence-electron chi connectivity index (χ4n) is 0.750. The summed E-state index contributed by atoms with van der Waals surface area (Å²) in [6, 6.07) is 0. The molecule has 0 aromatic heterocycles. The van der Waals surface area contributed by atoms with E-state index in [0.29, 0.717) is 0 Å². The molecule has 52 valence electrons. The average molecular weight is 228 g/mol. The maximum atomic E-state index is 5.90. The molecule has 0 aliphatic heterocycles. The van der Waals surface area contributed by atoms with E-state index in [-0.39, 0.29) is 32.8 Å². The Morgan fingerprint density at radius 2 is 1.22 bits per heavy atom. The maximum Gasteiger partial charge on any atom is 0.0146 e. The molecular weight excluding hydrogens is 210 g/mol. The molecule has 1 nitrogen and oxygen atoms in total. The first-order valence-electron chi connectivity index (χ1n) is 3.47. The van der Waals surface area contributed by atoms with Crippen molar-refractivity contribution < 1.29 is 27.3 Å². The number of hydrogen-bond acceptors (Lipinski definition) is 1. The largest absolute Gasteiger partial charge is 0.325 e. The van der Waals surface area contributed by atoms with Gasteiger partial charge in [-0.05, 0) is 19.3 Å². The second kappa shape index (κ2) is 5.65. The van der Waals surface area contributed by atoms with E-state index in [1.165, 1.54) is 0 Å². The first kappa shape index (κ1) is 12.5. The minimum atomic E-state index is 0. The van der Waals surface area contributed by atoms with Crippen molar-refractivity contribution in [2.75, 3.05) is 0 Å². The molecule has 0 radical (unpaired) electrons. The van der Waals surface area contributed by atoms with Crippen LogP contribution in [0.3, 0.4) is 0 Å². The van der Waals surface area contributed by atoms with Gasteiger partial charge in [-0.3, -0.25) is 0 Å². The van der Waals surface area contributed by atoms with E-state index < -0.39 is 0 Å². The Labute approximate surface area is 78.6 Å². The van der Waals surface area contributed by atoms with E-state index in [1.807, 2.05) is 0 Å². The minimum Gasteiger partial charge on any atom is -0.325 e. The van der Waals surface area contributed by atoms with Gasteiger partial charge in [0, 0.05) is 32.8 Å². The quantitative estimate of drug-likeness (QED) is 0.733. The molecule has 2 N–H and O–H groups in total. The predicted octanol–water partition coefficient (Wildman–Crippen LogP) is 1.91. The molecule has 0 unspecified atom stereocenters. The SMILES string of the molecule is CCC(N)(CC)CC.[Cd]. The summed E-state index contributed by atoms with van der Waals surface area (Å²) in [6.45, 7) is 6.44. The number of rotatable bonds is 3. The van der Waals surface area contributed by atoms with E-state index in [9.17, 15) is 0 Å². The zero-order valence-electron chi connectivity index (χ0n) is 6.91. The van der Waals surface area contributed by atoms with Crippen LogP contribution in [-0.4, -0.2) is 5.54 Å². The van der Waals surface area contributed by atoms with Gasteiger partial charge < -0.3 is 5.73 Å². The molecule has 0 aromatic rings. The summed E-state index contributed by atoms with van der Waals surface area (Å²) in [5, 5.41) is 0. The molecule has 0 aromatic carbocycles. The fraction of sp³-hybridized carbons (Fsp3) is 1.00. The summed E-state index contributed by atoms with van der Waals surface area (Å²) in [7, 11) is 0. The van der Waals surface area contributed by atoms with Crippen molar-refractivity contribution in [1.29, 1.82) is 0 Å². The van der Waals surface area contributed by atoms with Gasteiger partial charge in [0.05, 0.1) is 0 Å². The van der Waals surface area contributed by atoms with Crippen LogP contribution in [0.15, 0.2) is 0 Å². The van der Waals surface area contributed by atoms with Crippen molar-refractivity contribution in [2.45, 2.75) is 45.6 Å². The second-order valence-corrected chi connectivity index (χ2v) is 2.42. The van der Waals surface area contributed by atoms with E-state index in [4.69, 9.17) is 5.73 Å². The summed E-state index contributed by atoms with van der Waals surface area (Å²) in [4.78, 5) is 0. The van der Waals surface area contributed by atoms with Gasteiger partial charge in [-0.2, -0.15) is 0 Å². The van der Waals surface area contributed by atoms with E-state index in [0.717, 1.165) is 19.3 Å². The second-order valence-electron chi connectivity index (χ2n) is 2.42. The maximum absolute atomic E-state index is 5.90. The van der Waals surface area contributed by atoms with Crippen molar-refractivity contribution in [2.24, 2.45) is 5.73 Å². The van der Waals surface area contributed by atoms with Crippen LogP contribution < -0.4 is 5.73 Å². The topological polar surface area (TPSA) is 26.0 Å². The molecular formula is C7H17CdN. The predicted molar refractivity (Wildman–Crippen MR) is 37.8 cm³/mol. The van der Waals surface area contributed by atoms with Gasteiger partial charge in [0.25, 0.3) is 0 Å². The van der Waals surface area contributed by atoms with E-state index >= 15 is 0 Å². The summed E-state index contributed by atoms with van der Waals surface area (Å²) in [5.74, 6) is 0. The van der Waals surface area contributed by atoms with Crippen LogP contribution in [-0.2, 0) is 27.3 Å². The molecule has 0 aliphatic rings. The zero-order chi connectivity index (χ0) is 6.62. The first-order valence-corrected chi connectivity index (χ1v) is 3.47. The van der Waals surface area contributed by atoms with Crippen molar-refractivity contribution in [3.05, 3.63) is 0 Å². The van der Waals surface area contributed by atoms with Crippen LogP contribution >= 0.6 is 0 Å². The molecule has 0 heterocycles. The number of nitrogens with two attached hydrogens (primary N) is 1. The molecule has 0 aliphatic carbocycles. The van der Waals surface area contributed by atoms with Crippen molar-refractivity contribution in [3.63, 3.8) is 0 Å². The van der Waals surface area contributed by atoms with Gasteiger partial charge in [0.2, 0.25) is 0 Å². The Hall–Kier alpha value is 0.882. The normalized spacial score (nSPS) is 10.7. The molecule has 0 rings (SSSR count). The Kier molecular flexibility index (Phi) is 7.88. The van der Waals surface area contributed by atoms with Crippen LogP contribution in [0.25, 0.3) is 0 Å². The minimum absolute atomic E-state index is 0. The van der Waals surface area contributed by atoms with Gasteiger partial charge in [0.1, 0.15) is 0 Å².